The van der Waals surface area contributed by atoms with Gasteiger partial charge >= 0.3 is 0 Å². The maximum atomic E-state index is 13.1. The van der Waals surface area contributed by atoms with Crippen molar-refractivity contribution in [3.63, 3.8) is 0 Å². The van der Waals surface area contributed by atoms with Crippen molar-refractivity contribution in [1.29, 1.82) is 0 Å². The molecule has 2 aromatic rings. The number of benzene rings is 1. The molecule has 2 atom stereocenters. The highest BCUT2D eigenvalue weighted by Crippen LogP contribution is 2.48. The minimum Gasteiger partial charge on any atom is -0.398 e. The monoisotopic (exact) mass is 336 g/mol. The normalized spacial score (nSPS) is 25.2. The van der Waals surface area contributed by atoms with E-state index in [1.54, 1.807) is 0 Å². The van der Waals surface area contributed by atoms with Crippen LogP contribution in [0.3, 0.4) is 0 Å². The van der Waals surface area contributed by atoms with Crippen LogP contribution in [0.1, 0.15) is 5.82 Å². The third kappa shape index (κ3) is 2.14. The zero-order chi connectivity index (χ0) is 19.6. The Kier molecular flexibility index (Phi) is 3.94. The number of hydrogen-bond donors (Lipinski definition) is 2. The SMILES string of the molecule is [B]c1ccc2nc(C)n(C3([B])C(=O)NC(=O)C([B])C3([B])[B])c(=O)c2c1N. The van der Waals surface area contributed by atoms with Gasteiger partial charge in [0.1, 0.15) is 21.5 Å². The summed E-state index contributed by atoms with van der Waals surface area (Å²) in [6.45, 7) is 1.42. The fraction of sp³-hybridized carbons (Fsp3) is 0.286. The Balaban J connectivity index is 2.44. The van der Waals surface area contributed by atoms with Gasteiger partial charge in [-0.3, -0.25) is 24.3 Å². The first-order chi connectivity index (χ1) is 11.9. The molecule has 12 heteroatoms. The molecule has 2 heterocycles. The van der Waals surface area contributed by atoms with E-state index >= 15 is 0 Å². The number of aryl methyl sites for hydroxylation is 1. The van der Waals surface area contributed by atoms with Crippen molar-refractivity contribution in [2.24, 2.45) is 0 Å². The average Bonchev–Trinajstić information content (AvgIpc) is 2.55. The van der Waals surface area contributed by atoms with E-state index in [0.717, 1.165) is 4.57 Å². The van der Waals surface area contributed by atoms with Gasteiger partial charge in [-0.25, -0.2) is 4.98 Å². The van der Waals surface area contributed by atoms with Gasteiger partial charge < -0.3 is 5.73 Å². The highest BCUT2D eigenvalue weighted by atomic mass is 16.2. The predicted octanol–water partition coefficient (Wildman–Crippen LogP) is -3.03. The third-order valence-electron chi connectivity index (χ3n) is 4.67. The predicted molar refractivity (Wildman–Crippen MR) is 101 cm³/mol. The largest absolute Gasteiger partial charge is 0.398 e. The quantitative estimate of drug-likeness (QED) is 0.327. The molecule has 7 nitrogen and oxygen atoms in total. The van der Waals surface area contributed by atoms with Crippen molar-refractivity contribution in [3.05, 3.63) is 28.3 Å². The van der Waals surface area contributed by atoms with Crippen molar-refractivity contribution in [1.82, 2.24) is 14.9 Å². The second-order valence-corrected chi connectivity index (χ2v) is 6.26. The molecular weight excluding hydrogens is 326 g/mol. The Morgan fingerprint density at radius 3 is 2.46 bits per heavy atom. The van der Waals surface area contributed by atoms with Gasteiger partial charge in [0.15, 0.2) is 0 Å². The van der Waals surface area contributed by atoms with Gasteiger partial charge in [-0.05, 0) is 18.8 Å². The minimum absolute atomic E-state index is 0.0196. The number of piperidine rings is 1. The smallest absolute Gasteiger partial charge is 0.263 e. The van der Waals surface area contributed by atoms with Crippen LogP contribution >= 0.6 is 0 Å². The van der Waals surface area contributed by atoms with Gasteiger partial charge in [-0.15, -0.1) is 0 Å². The average molecular weight is 335 g/mol. The molecule has 1 fully saturated rings. The van der Waals surface area contributed by atoms with E-state index in [9.17, 15) is 14.4 Å². The van der Waals surface area contributed by atoms with Crippen molar-refractivity contribution in [3.8, 4) is 0 Å². The zero-order valence-electron chi connectivity index (χ0n) is 13.8. The summed E-state index contributed by atoms with van der Waals surface area (Å²) in [6.07, 6.45) is 0. The van der Waals surface area contributed by atoms with E-state index in [2.05, 4.69) is 4.98 Å². The minimum atomic E-state index is -2.40. The van der Waals surface area contributed by atoms with Gasteiger partial charge in [0.25, 0.3) is 5.56 Å². The number of hydrogen-bond acceptors (Lipinski definition) is 5. The molecule has 26 heavy (non-hydrogen) atoms. The lowest BCUT2D eigenvalue weighted by molar-refractivity contribution is -0.138. The summed E-state index contributed by atoms with van der Waals surface area (Å²) in [6, 6.07) is 2.99. The molecule has 0 aliphatic carbocycles. The Labute approximate surface area is 155 Å². The van der Waals surface area contributed by atoms with Gasteiger partial charge in [-0.2, -0.15) is 0 Å². The van der Waals surface area contributed by atoms with Crippen LogP contribution in [-0.4, -0.2) is 60.6 Å². The number of carbonyl (C=O) groups excluding carboxylic acids is 2. The molecule has 3 rings (SSSR count). The number of amides is 2. The van der Waals surface area contributed by atoms with Crippen LogP contribution in [0.4, 0.5) is 5.69 Å². The molecule has 10 radical (unpaired) electrons. The fourth-order valence-electron chi connectivity index (χ4n) is 3.07. The van der Waals surface area contributed by atoms with Crippen LogP contribution in [0.15, 0.2) is 16.9 Å². The van der Waals surface area contributed by atoms with E-state index in [0.29, 0.717) is 0 Å². The summed E-state index contributed by atoms with van der Waals surface area (Å²) in [5.41, 5.74) is 3.06. The molecule has 1 saturated heterocycles. The van der Waals surface area contributed by atoms with Crippen LogP contribution in [-0.2, 0) is 15.0 Å². The molecule has 1 aliphatic heterocycles. The van der Waals surface area contributed by atoms with Crippen molar-refractivity contribution < 1.29 is 9.59 Å². The Morgan fingerprint density at radius 1 is 1.23 bits per heavy atom. The number of nitrogens with one attached hydrogen (secondary N) is 1. The van der Waals surface area contributed by atoms with Gasteiger partial charge in [-0.1, -0.05) is 16.7 Å². The lowest BCUT2D eigenvalue weighted by Gasteiger charge is -2.52. The summed E-state index contributed by atoms with van der Waals surface area (Å²) in [7, 11) is 29.6. The summed E-state index contributed by atoms with van der Waals surface area (Å²) in [5, 5.41) is -0.376. The van der Waals surface area contributed by atoms with Gasteiger partial charge in [0.05, 0.1) is 39.9 Å². The molecule has 0 bridgehead atoms. The zero-order valence-corrected chi connectivity index (χ0v) is 13.8. The summed E-state index contributed by atoms with van der Waals surface area (Å²) in [5.74, 6) is -3.55. The van der Waals surface area contributed by atoms with Crippen molar-refractivity contribution in [2.45, 2.75) is 23.4 Å². The van der Waals surface area contributed by atoms with Crippen LogP contribution in [0.25, 0.3) is 10.9 Å². The first kappa shape index (κ1) is 18.4. The molecule has 0 saturated carbocycles. The van der Waals surface area contributed by atoms with E-state index in [4.69, 9.17) is 45.0 Å². The Morgan fingerprint density at radius 2 is 1.85 bits per heavy atom. The Hall–Kier alpha value is -2.38. The number of nitrogens with zero attached hydrogens (tertiary/aromatic N) is 2. The maximum absolute atomic E-state index is 13.1. The van der Waals surface area contributed by atoms with Crippen LogP contribution in [0.5, 0.6) is 0 Å². The molecule has 1 aliphatic rings. The molecule has 1 aromatic carbocycles. The van der Waals surface area contributed by atoms with Crippen LogP contribution < -0.4 is 22.1 Å². The number of carbonyl (C=O) groups is 2. The van der Waals surface area contributed by atoms with Gasteiger partial charge in [0.2, 0.25) is 11.8 Å². The second-order valence-electron chi connectivity index (χ2n) is 6.26. The Bertz CT molecular complexity index is 1040. The lowest BCUT2D eigenvalue weighted by Crippen LogP contribution is -2.68. The first-order valence-electron chi connectivity index (χ1n) is 7.50. The van der Waals surface area contributed by atoms with Gasteiger partial charge in [0, 0.05) is 5.69 Å². The van der Waals surface area contributed by atoms with E-state index < -0.39 is 33.8 Å². The first-order valence-corrected chi connectivity index (χ1v) is 7.50. The molecule has 2 unspecified atom stereocenters. The summed E-state index contributed by atoms with van der Waals surface area (Å²) < 4.78 is 0.784. The van der Waals surface area contributed by atoms with Crippen molar-refractivity contribution in [2.75, 3.05) is 5.73 Å². The lowest BCUT2D eigenvalue weighted by atomic mass is 9.31. The molecule has 3 N–H and O–H groups in total. The number of rotatable bonds is 1. The third-order valence-corrected chi connectivity index (χ3v) is 4.67. The van der Waals surface area contributed by atoms with E-state index in [1.165, 1.54) is 19.1 Å². The van der Waals surface area contributed by atoms with Crippen molar-refractivity contribution >= 4 is 73.1 Å². The topological polar surface area (TPSA) is 107 Å². The summed E-state index contributed by atoms with van der Waals surface area (Å²) in [4.78, 5) is 41.7. The van der Waals surface area contributed by atoms with E-state index in [1.807, 2.05) is 5.32 Å². The molecular formula is C14H9B5N4O3. The van der Waals surface area contributed by atoms with Crippen LogP contribution in [0.2, 0.25) is 11.0 Å². The van der Waals surface area contributed by atoms with Crippen LogP contribution in [0, 0.1) is 6.92 Å². The highest BCUT2D eigenvalue weighted by Gasteiger charge is 2.56. The number of aromatic nitrogens is 2. The fourth-order valence-corrected chi connectivity index (χ4v) is 3.07. The summed E-state index contributed by atoms with van der Waals surface area (Å²) >= 11 is 0. The maximum Gasteiger partial charge on any atom is 0.263 e. The molecule has 2 amide bonds. The number of nitrogen functional groups attached to an aromatic ring is 1. The standard InChI is InChI=1S/C14H9B5N4O3/c1-4-21-6-3-2-5(15)8(20)7(6)11(25)23(4)14(19)12(26)22-10(24)9(16)13(14,17)18/h2-3,9H,20H2,1H3,(H,22,24,26). The molecule has 1 aromatic heterocycles. The number of imide groups is 1. The highest BCUT2D eigenvalue weighted by molar-refractivity contribution is 6.55. The number of nitrogens with two attached hydrogens (primary N) is 1. The number of fused-ring (bicyclic) bond motifs is 1. The molecule has 0 spiro atoms. The van der Waals surface area contributed by atoms with E-state index in [-0.39, 0.29) is 27.9 Å². The second kappa shape index (κ2) is 5.56. The number of anilines is 1. The molecule has 118 valence electrons.